The van der Waals surface area contributed by atoms with E-state index in [2.05, 4.69) is 15.6 Å². The van der Waals surface area contributed by atoms with Gasteiger partial charge in [-0.1, -0.05) is 56.3 Å². The van der Waals surface area contributed by atoms with E-state index in [1.165, 1.54) is 12.1 Å². The minimum atomic E-state index is -3.96. The van der Waals surface area contributed by atoms with Crippen LogP contribution in [0.15, 0.2) is 92.7 Å². The number of amides is 2. The molecule has 50 heavy (non-hydrogen) atoms. The monoisotopic (exact) mass is 702 g/mol. The summed E-state index contributed by atoms with van der Waals surface area (Å²) in [6, 6.07) is 20.5. The molecule has 262 valence electrons. The topological polar surface area (TPSA) is 189 Å². The molecular formula is C36H38N4O9S. The van der Waals surface area contributed by atoms with E-state index in [-0.39, 0.29) is 42.0 Å². The number of furan rings is 2. The Balaban J connectivity index is 0.000000338. The number of carboxylic acid groups (broad SMARTS) is 1. The first kappa shape index (κ1) is 36.0. The fraction of sp³-hybridized carbons (Fsp3) is 0.306. The van der Waals surface area contributed by atoms with Gasteiger partial charge in [-0.3, -0.25) is 14.4 Å². The van der Waals surface area contributed by atoms with E-state index < -0.39 is 45.7 Å². The number of aromatic nitrogens is 1. The SMILES string of the molecule is Cc1cccc(S(=O)(=O)N2CCCC(NC(=O)[C@H](CC(C)C)NC(=O)c3cc4ccccc4o3)C(=O)C2)n1.O=C(O)c1cc2ccccc2o1. The number of carbonyl (C=O) groups excluding carboxylic acids is 3. The molecule has 4 heterocycles. The zero-order valence-electron chi connectivity index (χ0n) is 27.8. The summed E-state index contributed by atoms with van der Waals surface area (Å²) in [4.78, 5) is 53.8. The fourth-order valence-corrected chi connectivity index (χ4v) is 6.97. The second-order valence-electron chi connectivity index (χ2n) is 12.4. The highest BCUT2D eigenvalue weighted by atomic mass is 32.2. The van der Waals surface area contributed by atoms with Crippen molar-refractivity contribution in [3.63, 3.8) is 0 Å². The molecule has 0 spiro atoms. The highest BCUT2D eigenvalue weighted by molar-refractivity contribution is 7.89. The first-order valence-electron chi connectivity index (χ1n) is 16.1. The van der Waals surface area contributed by atoms with Crippen LogP contribution in [0.25, 0.3) is 21.9 Å². The van der Waals surface area contributed by atoms with Gasteiger partial charge in [-0.2, -0.15) is 4.31 Å². The van der Waals surface area contributed by atoms with E-state index in [9.17, 15) is 27.6 Å². The van der Waals surface area contributed by atoms with Crippen LogP contribution in [0.4, 0.5) is 0 Å². The summed E-state index contributed by atoms with van der Waals surface area (Å²) in [6.45, 7) is 5.30. The van der Waals surface area contributed by atoms with Crippen LogP contribution in [0, 0.1) is 12.8 Å². The van der Waals surface area contributed by atoms with E-state index in [0.717, 1.165) is 15.1 Å². The van der Waals surface area contributed by atoms with E-state index in [4.69, 9.17) is 13.9 Å². The van der Waals surface area contributed by atoms with Gasteiger partial charge in [-0.15, -0.1) is 0 Å². The number of nitrogens with zero attached hydrogens (tertiary/aromatic N) is 2. The molecule has 3 N–H and O–H groups in total. The molecule has 14 heteroatoms. The number of hydrogen-bond donors (Lipinski definition) is 3. The summed E-state index contributed by atoms with van der Waals surface area (Å²) in [5.74, 6) is -2.34. The summed E-state index contributed by atoms with van der Waals surface area (Å²) < 4.78 is 37.9. The summed E-state index contributed by atoms with van der Waals surface area (Å²) in [5, 5.41) is 15.5. The average molecular weight is 703 g/mol. The van der Waals surface area contributed by atoms with Crippen molar-refractivity contribution in [1.29, 1.82) is 0 Å². The summed E-state index contributed by atoms with van der Waals surface area (Å²) in [7, 11) is -3.96. The predicted octanol–water partition coefficient (Wildman–Crippen LogP) is 4.95. The van der Waals surface area contributed by atoms with Crippen LogP contribution >= 0.6 is 0 Å². The smallest absolute Gasteiger partial charge is 0.371 e. The van der Waals surface area contributed by atoms with Crippen LogP contribution in [0.5, 0.6) is 0 Å². The van der Waals surface area contributed by atoms with E-state index in [1.807, 2.05) is 38.1 Å². The molecule has 1 aliphatic rings. The van der Waals surface area contributed by atoms with Gasteiger partial charge < -0.3 is 24.6 Å². The van der Waals surface area contributed by atoms with Crippen molar-refractivity contribution in [2.24, 2.45) is 5.92 Å². The zero-order valence-corrected chi connectivity index (χ0v) is 28.6. The van der Waals surface area contributed by atoms with Crippen molar-refractivity contribution in [1.82, 2.24) is 19.9 Å². The summed E-state index contributed by atoms with van der Waals surface area (Å²) in [6.07, 6.45) is 1.00. The molecule has 0 saturated carbocycles. The first-order valence-corrected chi connectivity index (χ1v) is 17.5. The quantitative estimate of drug-likeness (QED) is 0.190. The number of Topliss-reactive ketones (excluding diaryl/α,β-unsaturated/α-hetero) is 1. The second kappa shape index (κ2) is 15.5. The van der Waals surface area contributed by atoms with Gasteiger partial charge in [0.05, 0.1) is 12.6 Å². The Morgan fingerprint density at radius 2 is 1.56 bits per heavy atom. The fourth-order valence-electron chi connectivity index (χ4n) is 5.53. The average Bonchev–Trinajstić information content (AvgIpc) is 3.67. The lowest BCUT2D eigenvalue weighted by molar-refractivity contribution is -0.129. The highest BCUT2D eigenvalue weighted by Crippen LogP contribution is 2.21. The number of fused-ring (bicyclic) bond motifs is 2. The number of carbonyl (C=O) groups is 4. The van der Waals surface area contributed by atoms with E-state index in [1.54, 1.807) is 49.4 Å². The third-order valence-corrected chi connectivity index (χ3v) is 9.77. The largest absolute Gasteiger partial charge is 0.475 e. The van der Waals surface area contributed by atoms with Gasteiger partial charge >= 0.3 is 5.97 Å². The maximum atomic E-state index is 13.2. The number of ketones is 1. The molecule has 5 aromatic rings. The van der Waals surface area contributed by atoms with E-state index in [0.29, 0.717) is 29.7 Å². The molecule has 2 aromatic carbocycles. The molecule has 2 amide bonds. The van der Waals surface area contributed by atoms with Crippen LogP contribution < -0.4 is 10.6 Å². The second-order valence-corrected chi connectivity index (χ2v) is 14.3. The van der Waals surface area contributed by atoms with Crippen LogP contribution in [0.3, 0.4) is 0 Å². The lowest BCUT2D eigenvalue weighted by Crippen LogP contribution is -2.52. The van der Waals surface area contributed by atoms with Gasteiger partial charge in [0.1, 0.15) is 17.2 Å². The molecule has 1 aliphatic heterocycles. The number of aryl methyl sites for hydroxylation is 1. The van der Waals surface area contributed by atoms with Crippen molar-refractivity contribution < 1.29 is 41.5 Å². The molecular weight excluding hydrogens is 664 g/mol. The van der Waals surface area contributed by atoms with Crippen LogP contribution in [-0.4, -0.2) is 71.6 Å². The number of pyridine rings is 1. The van der Waals surface area contributed by atoms with Gasteiger partial charge in [0.2, 0.25) is 11.7 Å². The Hall–Kier alpha value is -5.34. The third kappa shape index (κ3) is 8.62. The molecule has 0 aliphatic carbocycles. The van der Waals surface area contributed by atoms with Crippen molar-refractivity contribution in [2.45, 2.75) is 57.1 Å². The van der Waals surface area contributed by atoms with Gasteiger partial charge in [0, 0.05) is 23.0 Å². The van der Waals surface area contributed by atoms with Gasteiger partial charge in [-0.25, -0.2) is 18.2 Å². The Bertz CT molecular complexity index is 2070. The lowest BCUT2D eigenvalue weighted by Gasteiger charge is -2.23. The van der Waals surface area contributed by atoms with Crippen LogP contribution in [-0.2, 0) is 19.6 Å². The highest BCUT2D eigenvalue weighted by Gasteiger charge is 2.35. The van der Waals surface area contributed by atoms with E-state index >= 15 is 0 Å². The molecule has 1 saturated heterocycles. The Kier molecular flexibility index (Phi) is 11.1. The number of rotatable bonds is 9. The molecule has 0 radical (unpaired) electrons. The molecule has 6 rings (SSSR count). The molecule has 3 aromatic heterocycles. The minimum Gasteiger partial charge on any atom is -0.475 e. The van der Waals surface area contributed by atoms with Crippen molar-refractivity contribution in [2.75, 3.05) is 13.1 Å². The minimum absolute atomic E-state index is 0.0174. The molecule has 2 atom stereocenters. The number of hydrogen-bond acceptors (Lipinski definition) is 9. The Morgan fingerprint density at radius 1 is 0.940 bits per heavy atom. The van der Waals surface area contributed by atoms with Gasteiger partial charge in [0.15, 0.2) is 16.6 Å². The third-order valence-electron chi connectivity index (χ3n) is 8.02. The number of para-hydroxylation sites is 2. The lowest BCUT2D eigenvalue weighted by atomic mass is 10.0. The Labute approximate surface area is 288 Å². The number of benzene rings is 2. The number of carboxylic acids is 1. The normalized spacial score (nSPS) is 16.0. The molecule has 1 fully saturated rings. The predicted molar refractivity (Wildman–Crippen MR) is 184 cm³/mol. The number of nitrogens with one attached hydrogen (secondary N) is 2. The van der Waals surface area contributed by atoms with Gasteiger partial charge in [0.25, 0.3) is 15.9 Å². The summed E-state index contributed by atoms with van der Waals surface area (Å²) >= 11 is 0. The molecule has 13 nitrogen and oxygen atoms in total. The number of aromatic carboxylic acids is 1. The zero-order chi connectivity index (χ0) is 36.0. The standard InChI is InChI=1S/C27H32N4O6S.C9H6O3/c1-17(2)14-21(30-27(34)24-15-19-9-4-5-11-23(19)37-24)26(33)29-20-10-7-13-31(16-22(20)32)38(35,36)25-12-6-8-18(3)28-25;10-9(11)8-5-6-3-1-2-4-7(6)12-8/h4-6,8-9,11-12,15,17,20-21H,7,10,13-14,16H2,1-3H3,(H,29,33)(H,30,34);1-5H,(H,10,11)/t20?,21-;/m0./s1. The van der Waals surface area contributed by atoms with Gasteiger partial charge in [-0.05, 0) is 68.5 Å². The Morgan fingerprint density at radius 3 is 2.16 bits per heavy atom. The van der Waals surface area contributed by atoms with Crippen molar-refractivity contribution in [3.8, 4) is 0 Å². The first-order chi connectivity index (χ1) is 23.8. The summed E-state index contributed by atoms with van der Waals surface area (Å²) in [5.41, 5.74) is 1.72. The molecule has 0 bridgehead atoms. The van der Waals surface area contributed by atoms with Crippen molar-refractivity contribution in [3.05, 3.63) is 96.1 Å². The molecule has 1 unspecified atom stereocenters. The van der Waals surface area contributed by atoms with Crippen LogP contribution in [0.1, 0.15) is 59.9 Å². The maximum Gasteiger partial charge on any atom is 0.371 e. The van der Waals surface area contributed by atoms with Crippen LogP contribution in [0.2, 0.25) is 0 Å². The van der Waals surface area contributed by atoms with Crippen molar-refractivity contribution >= 4 is 55.5 Å². The number of sulfonamides is 1. The maximum absolute atomic E-state index is 13.2.